The summed E-state index contributed by atoms with van der Waals surface area (Å²) in [7, 11) is 2.59. The number of aliphatic carboxylic acids is 1. The van der Waals surface area contributed by atoms with Crippen LogP contribution in [0.25, 0.3) is 0 Å². The summed E-state index contributed by atoms with van der Waals surface area (Å²) < 4.78 is 33.6. The number of aliphatic hydroxyl groups is 1. The van der Waals surface area contributed by atoms with Gasteiger partial charge in [-0.3, -0.25) is 0 Å². The number of aliphatic hydroxyl groups excluding tert-OH is 1. The summed E-state index contributed by atoms with van der Waals surface area (Å²) in [6, 6.07) is 21.0. The molecule has 0 aliphatic carbocycles. The van der Waals surface area contributed by atoms with Crippen molar-refractivity contribution in [1.29, 1.82) is 0 Å². The van der Waals surface area contributed by atoms with Gasteiger partial charge in [-0.25, -0.2) is 0 Å². The number of phenols is 1. The van der Waals surface area contributed by atoms with Crippen molar-refractivity contribution < 1.29 is 41.9 Å². The molecule has 3 aromatic rings. The first-order valence-corrected chi connectivity index (χ1v) is 16.3. The summed E-state index contributed by atoms with van der Waals surface area (Å²) in [5.74, 6) is 0.596. The van der Waals surface area contributed by atoms with Gasteiger partial charge in [0.25, 0.3) is 0 Å². The van der Waals surface area contributed by atoms with Crippen LogP contribution in [0.2, 0.25) is 0 Å². The third-order valence-corrected chi connectivity index (χ3v) is 7.55. The molecular formula is C31H41NO8S2. The van der Waals surface area contributed by atoms with Crippen LogP contribution in [0, 0.1) is 0 Å². The van der Waals surface area contributed by atoms with Crippen molar-refractivity contribution in [3.8, 4) is 17.2 Å². The van der Waals surface area contributed by atoms with Crippen LogP contribution in [0.4, 0.5) is 0 Å². The number of aromatic hydroxyl groups is 1. The van der Waals surface area contributed by atoms with Gasteiger partial charge >= 0.3 is 10.1 Å². The lowest BCUT2D eigenvalue weighted by atomic mass is 10.1. The number of carboxylic acids is 1. The normalized spacial score (nSPS) is 12.1. The van der Waals surface area contributed by atoms with Crippen molar-refractivity contribution in [2.45, 2.75) is 24.5 Å². The van der Waals surface area contributed by atoms with E-state index in [1.807, 2.05) is 36.4 Å². The Labute approximate surface area is 253 Å². The average molecular weight is 620 g/mol. The standard InChI is InChI=1S/C26H28O7S2.C5H14NO/c1-35(30,31)33-24-12-10-23(11-13-24)32-16-14-19-2-4-21(5-3-19)18-25(26(28)29)34-17-15-20-6-8-22(27)9-7-20;1-6(2,3)4-5-7/h2-13,25,27H,14-18H2,1H3,(H,28,29);7H,4-5H2,1-3H3/q;+1/p-1. The number of carbonyl (C=O) groups excluding carboxylic acids is 1. The lowest BCUT2D eigenvalue weighted by molar-refractivity contribution is -0.870. The van der Waals surface area contributed by atoms with Crippen LogP contribution in [0.5, 0.6) is 17.2 Å². The topological polar surface area (TPSA) is 133 Å². The Hall–Kier alpha value is -3.25. The fourth-order valence-corrected chi connectivity index (χ4v) is 5.15. The minimum Gasteiger partial charge on any atom is -0.549 e. The van der Waals surface area contributed by atoms with Crippen molar-refractivity contribution in [3.63, 3.8) is 0 Å². The van der Waals surface area contributed by atoms with Crippen molar-refractivity contribution in [2.24, 2.45) is 0 Å². The molecule has 1 unspecified atom stereocenters. The molecule has 3 rings (SSSR count). The zero-order chi connectivity index (χ0) is 31.2. The summed E-state index contributed by atoms with van der Waals surface area (Å²) in [6.07, 6.45) is 2.73. The van der Waals surface area contributed by atoms with Crippen LogP contribution in [0.15, 0.2) is 72.8 Å². The molecule has 230 valence electrons. The summed E-state index contributed by atoms with van der Waals surface area (Å²) in [5, 5.41) is 28.7. The molecule has 1 atom stereocenters. The largest absolute Gasteiger partial charge is 0.549 e. The van der Waals surface area contributed by atoms with Gasteiger partial charge in [0.2, 0.25) is 0 Å². The second kappa shape index (κ2) is 17.0. The third-order valence-electron chi connectivity index (χ3n) is 5.85. The average Bonchev–Trinajstić information content (AvgIpc) is 2.90. The quantitative estimate of drug-likeness (QED) is 0.195. The highest BCUT2D eigenvalue weighted by atomic mass is 32.2. The SMILES string of the molecule is CS(=O)(=O)Oc1ccc(OCCc2ccc(CC(SCCc3ccc(O)cc3)C(=O)[O-])cc2)cc1.C[N+](C)(C)CCO. The smallest absolute Gasteiger partial charge is 0.306 e. The predicted molar refractivity (Wildman–Crippen MR) is 164 cm³/mol. The molecule has 0 heterocycles. The van der Waals surface area contributed by atoms with E-state index in [0.29, 0.717) is 37.4 Å². The lowest BCUT2D eigenvalue weighted by Gasteiger charge is -2.21. The Morgan fingerprint density at radius 1 is 0.881 bits per heavy atom. The summed E-state index contributed by atoms with van der Waals surface area (Å²) in [6.45, 7) is 1.55. The maximum absolute atomic E-state index is 11.6. The number of likely N-dealkylation sites (N-methyl/N-ethyl adjacent to an activating group) is 1. The molecule has 0 saturated carbocycles. The Kier molecular flexibility index (Phi) is 14.2. The first-order chi connectivity index (χ1) is 19.7. The van der Waals surface area contributed by atoms with Crippen LogP contribution in [-0.4, -0.2) is 87.2 Å². The first kappa shape index (κ1) is 34.9. The number of quaternary nitrogens is 1. The molecule has 0 aliphatic rings. The van der Waals surface area contributed by atoms with Gasteiger partial charge < -0.3 is 33.5 Å². The number of nitrogens with zero attached hydrogens (tertiary/aromatic N) is 1. The molecule has 0 aromatic heterocycles. The van der Waals surface area contributed by atoms with Crippen molar-refractivity contribution >= 4 is 27.8 Å². The summed E-state index contributed by atoms with van der Waals surface area (Å²) in [4.78, 5) is 11.6. The number of carbonyl (C=O) groups is 1. The highest BCUT2D eigenvalue weighted by Crippen LogP contribution is 2.21. The maximum atomic E-state index is 11.6. The van der Waals surface area contributed by atoms with Crippen LogP contribution >= 0.6 is 11.8 Å². The van der Waals surface area contributed by atoms with Crippen LogP contribution in [0.1, 0.15) is 16.7 Å². The number of carboxylic acid groups (broad SMARTS) is 1. The highest BCUT2D eigenvalue weighted by Gasteiger charge is 2.12. The van der Waals surface area contributed by atoms with E-state index < -0.39 is 21.3 Å². The van der Waals surface area contributed by atoms with E-state index in [4.69, 9.17) is 14.0 Å². The van der Waals surface area contributed by atoms with E-state index in [9.17, 15) is 23.4 Å². The Balaban J connectivity index is 0.000000782. The van der Waals surface area contributed by atoms with Gasteiger partial charge in [0.1, 0.15) is 23.8 Å². The number of phenolic OH excluding ortho intramolecular Hbond substituents is 1. The van der Waals surface area contributed by atoms with E-state index in [2.05, 4.69) is 21.1 Å². The molecule has 0 saturated heterocycles. The maximum Gasteiger partial charge on any atom is 0.306 e. The summed E-state index contributed by atoms with van der Waals surface area (Å²) in [5.41, 5.74) is 3.01. The Morgan fingerprint density at radius 3 is 1.90 bits per heavy atom. The second-order valence-electron chi connectivity index (χ2n) is 10.7. The second-order valence-corrected chi connectivity index (χ2v) is 13.6. The number of aryl methyl sites for hydroxylation is 1. The zero-order valence-corrected chi connectivity index (χ0v) is 26.2. The molecule has 0 spiro atoms. The molecular weight excluding hydrogens is 578 g/mol. The molecule has 11 heteroatoms. The molecule has 0 bridgehead atoms. The Morgan fingerprint density at radius 2 is 1.40 bits per heavy atom. The van der Waals surface area contributed by atoms with Crippen molar-refractivity contribution in [2.75, 3.05) is 52.9 Å². The molecule has 0 fully saturated rings. The van der Waals surface area contributed by atoms with E-state index in [-0.39, 0.29) is 18.1 Å². The molecule has 0 amide bonds. The van der Waals surface area contributed by atoms with Gasteiger partial charge in [-0.1, -0.05) is 36.4 Å². The molecule has 42 heavy (non-hydrogen) atoms. The number of benzene rings is 3. The monoisotopic (exact) mass is 619 g/mol. The highest BCUT2D eigenvalue weighted by molar-refractivity contribution is 8.00. The van der Waals surface area contributed by atoms with Crippen molar-refractivity contribution in [3.05, 3.63) is 89.5 Å². The van der Waals surface area contributed by atoms with E-state index >= 15 is 0 Å². The molecule has 0 radical (unpaired) electrons. The molecule has 0 aliphatic heterocycles. The lowest BCUT2D eigenvalue weighted by Crippen LogP contribution is -2.36. The van der Waals surface area contributed by atoms with Gasteiger partial charge in [0.05, 0.1) is 46.6 Å². The number of hydrogen-bond donors (Lipinski definition) is 2. The molecule has 2 N–H and O–H groups in total. The van der Waals surface area contributed by atoms with Crippen LogP contribution < -0.4 is 14.0 Å². The number of thioether (sulfide) groups is 1. The van der Waals surface area contributed by atoms with Crippen LogP contribution in [0.3, 0.4) is 0 Å². The predicted octanol–water partition coefficient (Wildman–Crippen LogP) is 2.67. The van der Waals surface area contributed by atoms with Gasteiger partial charge in [0.15, 0.2) is 0 Å². The van der Waals surface area contributed by atoms with Crippen molar-refractivity contribution in [1.82, 2.24) is 0 Å². The number of rotatable bonds is 15. The minimum atomic E-state index is -3.56. The first-order valence-electron chi connectivity index (χ1n) is 13.5. The Bertz CT molecular complexity index is 1320. The fraction of sp³-hybridized carbons (Fsp3) is 0.387. The fourth-order valence-electron chi connectivity index (χ4n) is 3.60. The summed E-state index contributed by atoms with van der Waals surface area (Å²) >= 11 is 1.36. The van der Waals surface area contributed by atoms with Crippen LogP contribution in [-0.2, 0) is 34.2 Å². The van der Waals surface area contributed by atoms with Gasteiger partial charge in [0, 0.05) is 11.7 Å². The molecule has 3 aromatic carbocycles. The molecule has 9 nitrogen and oxygen atoms in total. The number of ether oxygens (including phenoxy) is 1. The van der Waals surface area contributed by atoms with E-state index in [1.54, 1.807) is 24.3 Å². The number of hydrogen-bond acceptors (Lipinski definition) is 9. The van der Waals surface area contributed by atoms with E-state index in [1.165, 1.54) is 23.9 Å². The van der Waals surface area contributed by atoms with Gasteiger partial charge in [-0.05, 0) is 71.7 Å². The van der Waals surface area contributed by atoms with Gasteiger partial charge in [-0.15, -0.1) is 0 Å². The van der Waals surface area contributed by atoms with Gasteiger partial charge in [-0.2, -0.15) is 20.2 Å². The van der Waals surface area contributed by atoms with E-state index in [0.717, 1.165) is 34.0 Å². The zero-order valence-electron chi connectivity index (χ0n) is 24.6. The minimum absolute atomic E-state index is 0.208. The third kappa shape index (κ3) is 15.1.